The molecule has 5 nitrogen and oxygen atoms in total. The Kier molecular flexibility index (Phi) is 6.37. The molecule has 0 amide bonds. The maximum absolute atomic E-state index is 13.4. The molecule has 3 aromatic heterocycles. The molecule has 162 valence electrons. The molecular weight excluding hydrogens is 467 g/mol. The van der Waals surface area contributed by atoms with Crippen molar-refractivity contribution < 1.29 is 0 Å². The summed E-state index contributed by atoms with van der Waals surface area (Å²) in [5.41, 5.74) is 0.283. The fourth-order valence-corrected chi connectivity index (χ4v) is 8.27. The minimum absolute atomic E-state index is 0.274. The predicted molar refractivity (Wildman–Crippen MR) is 138 cm³/mol. The molecule has 0 spiro atoms. The summed E-state index contributed by atoms with van der Waals surface area (Å²) in [5, 5.41) is 1.77. The van der Waals surface area contributed by atoms with Crippen LogP contribution in [0.2, 0.25) is 0 Å². The van der Waals surface area contributed by atoms with Crippen molar-refractivity contribution in [2.24, 2.45) is 0 Å². The summed E-state index contributed by atoms with van der Waals surface area (Å²) >= 11 is 6.63. The first kappa shape index (κ1) is 21.4. The largest absolute Gasteiger partial charge is 0.280 e. The molecule has 0 atom stereocenters. The second-order valence-electron chi connectivity index (χ2n) is 7.63. The highest BCUT2D eigenvalue weighted by molar-refractivity contribution is 8.09. The summed E-state index contributed by atoms with van der Waals surface area (Å²) in [6, 6.07) is 0. The summed E-state index contributed by atoms with van der Waals surface area (Å²) in [6.07, 6.45) is 10.5. The van der Waals surface area contributed by atoms with Gasteiger partial charge in [-0.2, -0.15) is 0 Å². The van der Waals surface area contributed by atoms with E-state index in [2.05, 4.69) is 19.1 Å². The molecule has 0 fully saturated rings. The molecule has 0 unspecified atom stereocenters. The summed E-state index contributed by atoms with van der Waals surface area (Å²) in [5.74, 6) is 2.10. The van der Waals surface area contributed by atoms with Crippen LogP contribution in [0.25, 0.3) is 30.2 Å². The van der Waals surface area contributed by atoms with E-state index in [1.54, 1.807) is 23.5 Å². The molecule has 0 N–H and O–H groups in total. The molecule has 5 heterocycles. The second-order valence-corrected chi connectivity index (χ2v) is 11.9. The predicted octanol–water partition coefficient (Wildman–Crippen LogP) is 5.96. The number of hydrogen-bond donors (Lipinski definition) is 0. The van der Waals surface area contributed by atoms with Gasteiger partial charge in [0, 0.05) is 27.9 Å². The van der Waals surface area contributed by atoms with E-state index >= 15 is 0 Å². The van der Waals surface area contributed by atoms with Gasteiger partial charge in [-0.3, -0.25) is 14.2 Å². The summed E-state index contributed by atoms with van der Waals surface area (Å²) in [6.45, 7) is 2.57. The average Bonchev–Trinajstić information content (AvgIpc) is 3.56. The summed E-state index contributed by atoms with van der Waals surface area (Å²) in [7, 11) is 0. The van der Waals surface area contributed by atoms with Gasteiger partial charge in [0.15, 0.2) is 0 Å². The minimum atomic E-state index is -0.274. The van der Waals surface area contributed by atoms with Crippen LogP contribution in [0, 0.1) is 0 Å². The van der Waals surface area contributed by atoms with Gasteiger partial charge in [-0.25, -0.2) is 9.97 Å². The Labute approximate surface area is 196 Å². The lowest BCUT2D eigenvalue weighted by Crippen LogP contribution is -2.30. The third kappa shape index (κ3) is 4.05. The van der Waals surface area contributed by atoms with E-state index in [0.29, 0.717) is 17.6 Å². The zero-order chi connectivity index (χ0) is 21.4. The molecule has 0 radical (unpaired) electrons. The van der Waals surface area contributed by atoms with Crippen molar-refractivity contribution in [1.82, 2.24) is 14.5 Å². The van der Waals surface area contributed by atoms with E-state index in [0.717, 1.165) is 79.3 Å². The van der Waals surface area contributed by atoms with Crippen LogP contribution < -0.4 is 11.1 Å². The Hall–Kier alpha value is -1.42. The SMILES string of the molecule is CCCCCCn1c(=O)c2nc(C3=CCCS3)sc2c2sc(C3=CCCS3)nc2c1=O. The molecule has 3 aromatic rings. The highest BCUT2D eigenvalue weighted by Crippen LogP contribution is 2.42. The van der Waals surface area contributed by atoms with Crippen molar-refractivity contribution in [2.75, 3.05) is 11.5 Å². The molecule has 0 saturated carbocycles. The average molecular weight is 490 g/mol. The normalized spacial score (nSPS) is 16.4. The third-order valence-corrected chi connectivity index (χ3v) is 10.2. The number of aromatic nitrogens is 3. The highest BCUT2D eigenvalue weighted by atomic mass is 32.2. The molecule has 31 heavy (non-hydrogen) atoms. The van der Waals surface area contributed by atoms with Gasteiger partial charge < -0.3 is 0 Å². The number of allylic oxidation sites excluding steroid dienone is 2. The first-order chi connectivity index (χ1) is 15.2. The van der Waals surface area contributed by atoms with Crippen LogP contribution in [0.4, 0.5) is 0 Å². The van der Waals surface area contributed by atoms with Crippen LogP contribution in [-0.2, 0) is 6.54 Å². The Bertz CT molecular complexity index is 1240. The van der Waals surface area contributed by atoms with Gasteiger partial charge in [-0.1, -0.05) is 38.3 Å². The van der Waals surface area contributed by atoms with E-state index in [1.807, 2.05) is 0 Å². The van der Waals surface area contributed by atoms with Gasteiger partial charge in [-0.15, -0.1) is 46.2 Å². The lowest BCUT2D eigenvalue weighted by Gasteiger charge is -2.01. The molecule has 0 saturated heterocycles. The fraction of sp³-hybridized carbons (Fsp3) is 0.455. The van der Waals surface area contributed by atoms with Gasteiger partial charge in [0.25, 0.3) is 11.1 Å². The van der Waals surface area contributed by atoms with E-state index < -0.39 is 0 Å². The lowest BCUT2D eigenvalue weighted by molar-refractivity contribution is 0.564. The van der Waals surface area contributed by atoms with Crippen LogP contribution in [0.1, 0.15) is 55.5 Å². The number of fused-ring (bicyclic) bond motifs is 3. The summed E-state index contributed by atoms with van der Waals surface area (Å²) in [4.78, 5) is 38.7. The zero-order valence-electron chi connectivity index (χ0n) is 17.3. The van der Waals surface area contributed by atoms with Gasteiger partial charge in [-0.05, 0) is 19.3 Å². The fourth-order valence-electron chi connectivity index (χ4n) is 3.83. The maximum Gasteiger partial charge on any atom is 0.280 e. The van der Waals surface area contributed by atoms with E-state index in [9.17, 15) is 9.59 Å². The van der Waals surface area contributed by atoms with Crippen molar-refractivity contribution in [3.8, 4) is 0 Å². The number of thioether (sulfide) groups is 2. The molecule has 0 bridgehead atoms. The lowest BCUT2D eigenvalue weighted by atomic mass is 10.2. The van der Waals surface area contributed by atoms with Gasteiger partial charge in [0.1, 0.15) is 21.0 Å². The van der Waals surface area contributed by atoms with Crippen LogP contribution in [0.3, 0.4) is 0 Å². The monoisotopic (exact) mass is 489 g/mol. The van der Waals surface area contributed by atoms with Crippen LogP contribution in [0.5, 0.6) is 0 Å². The quantitative estimate of drug-likeness (QED) is 0.381. The van der Waals surface area contributed by atoms with Crippen molar-refractivity contribution in [3.63, 3.8) is 0 Å². The number of unbranched alkanes of at least 4 members (excludes halogenated alkanes) is 3. The molecule has 2 aliphatic heterocycles. The number of nitrogens with zero attached hydrogens (tertiary/aromatic N) is 3. The molecule has 9 heteroatoms. The topological polar surface area (TPSA) is 64.8 Å². The molecule has 0 aliphatic carbocycles. The van der Waals surface area contributed by atoms with Gasteiger partial charge in [0.05, 0.1) is 9.40 Å². The van der Waals surface area contributed by atoms with Crippen LogP contribution >= 0.6 is 46.2 Å². The smallest absolute Gasteiger partial charge is 0.272 e. The van der Waals surface area contributed by atoms with Crippen molar-refractivity contribution in [1.29, 1.82) is 0 Å². The molecule has 0 aromatic carbocycles. The molecular formula is C22H23N3O2S4. The standard InChI is InChI=1S/C22H23N3O2S4/c1-2-3-4-5-10-25-21(26)15-17(30-19(23-15)13-8-6-11-28-13)18-16(22(25)27)24-20(31-18)14-9-7-12-29-14/h8-9H,2-7,10-12H2,1H3. The first-order valence-electron chi connectivity index (χ1n) is 10.7. The van der Waals surface area contributed by atoms with E-state index in [-0.39, 0.29) is 11.1 Å². The zero-order valence-corrected chi connectivity index (χ0v) is 20.6. The van der Waals surface area contributed by atoms with E-state index in [4.69, 9.17) is 9.97 Å². The number of rotatable bonds is 7. The maximum atomic E-state index is 13.4. The Morgan fingerprint density at radius 2 is 1.39 bits per heavy atom. The number of hydrogen-bond acceptors (Lipinski definition) is 8. The van der Waals surface area contributed by atoms with Crippen LogP contribution in [-0.4, -0.2) is 26.0 Å². The Morgan fingerprint density at radius 3 is 1.84 bits per heavy atom. The third-order valence-electron chi connectivity index (χ3n) is 5.42. The first-order valence-corrected chi connectivity index (χ1v) is 14.3. The number of thiazole rings is 2. The van der Waals surface area contributed by atoms with Crippen molar-refractivity contribution in [3.05, 3.63) is 42.9 Å². The van der Waals surface area contributed by atoms with Crippen LogP contribution in [0.15, 0.2) is 21.7 Å². The summed E-state index contributed by atoms with van der Waals surface area (Å²) < 4.78 is 3.00. The van der Waals surface area contributed by atoms with Gasteiger partial charge >= 0.3 is 0 Å². The Balaban J connectivity index is 1.74. The highest BCUT2D eigenvalue weighted by Gasteiger charge is 2.22. The van der Waals surface area contributed by atoms with Crippen molar-refractivity contribution in [2.45, 2.75) is 52.0 Å². The molecule has 5 rings (SSSR count). The minimum Gasteiger partial charge on any atom is -0.272 e. The Morgan fingerprint density at radius 1 is 0.839 bits per heavy atom. The second kappa shape index (κ2) is 9.21. The van der Waals surface area contributed by atoms with E-state index in [1.165, 1.54) is 27.2 Å². The van der Waals surface area contributed by atoms with Crippen molar-refractivity contribution >= 4 is 76.4 Å². The van der Waals surface area contributed by atoms with Gasteiger partial charge in [0.2, 0.25) is 0 Å². The molecule has 2 aliphatic rings.